The molecule has 1 aromatic carbocycles. The minimum absolute atomic E-state index is 0.116. The molecule has 0 unspecified atom stereocenters. The lowest BCUT2D eigenvalue weighted by Gasteiger charge is -2.03. The van der Waals surface area contributed by atoms with Crippen LogP contribution in [0.5, 0.6) is 5.88 Å². The van der Waals surface area contributed by atoms with Crippen molar-refractivity contribution in [1.29, 1.82) is 0 Å². The normalized spacial score (nSPS) is 10.8. The third-order valence-corrected chi connectivity index (χ3v) is 4.11. The predicted molar refractivity (Wildman–Crippen MR) is 82.9 cm³/mol. The van der Waals surface area contributed by atoms with E-state index in [2.05, 4.69) is 25.9 Å². The second-order valence-corrected chi connectivity index (χ2v) is 5.49. The summed E-state index contributed by atoms with van der Waals surface area (Å²) in [7, 11) is 0. The van der Waals surface area contributed by atoms with Crippen molar-refractivity contribution in [3.05, 3.63) is 46.0 Å². The topological polar surface area (TPSA) is 75.2 Å². The highest BCUT2D eigenvalue weighted by Gasteiger charge is 2.19. The molecule has 0 saturated heterocycles. The molecule has 0 amide bonds. The van der Waals surface area contributed by atoms with Crippen molar-refractivity contribution in [2.24, 2.45) is 0 Å². The number of benzene rings is 1. The van der Waals surface area contributed by atoms with Crippen LogP contribution < -0.4 is 4.74 Å². The Kier molecular flexibility index (Phi) is 3.57. The Morgan fingerprint density at radius 1 is 1.38 bits per heavy atom. The number of nitrogens with one attached hydrogen (secondary N) is 1. The van der Waals surface area contributed by atoms with Crippen molar-refractivity contribution in [3.8, 4) is 17.1 Å². The van der Waals surface area contributed by atoms with Crippen LogP contribution in [-0.4, -0.2) is 21.2 Å². The first-order chi connectivity index (χ1) is 10.1. The molecule has 0 spiro atoms. The van der Waals surface area contributed by atoms with Gasteiger partial charge in [-0.15, -0.1) is 0 Å². The lowest BCUT2D eigenvalue weighted by molar-refractivity contribution is 0.143. The number of fused-ring (bicyclic) bond motifs is 1. The number of ether oxygens (including phenoxy) is 1. The number of nitrogens with zero attached hydrogens (tertiary/aromatic N) is 1. The Hall–Kier alpha value is -2.05. The van der Waals surface area contributed by atoms with Gasteiger partial charge in [-0.05, 0) is 40.2 Å². The number of H-pyrrole nitrogens is 1. The molecule has 0 radical (unpaired) electrons. The molecule has 0 atom stereocenters. The van der Waals surface area contributed by atoms with Gasteiger partial charge in [0, 0.05) is 16.1 Å². The summed E-state index contributed by atoms with van der Waals surface area (Å²) in [6, 6.07) is 8.86. The number of hydrogen-bond acceptors (Lipinski definition) is 3. The fourth-order valence-electron chi connectivity index (χ4n) is 2.09. The van der Waals surface area contributed by atoms with Crippen LogP contribution in [0.25, 0.3) is 22.2 Å². The quantitative estimate of drug-likeness (QED) is 0.644. The third-order valence-electron chi connectivity index (χ3n) is 2.92. The smallest absolute Gasteiger partial charge is 0.449 e. The molecule has 2 heterocycles. The summed E-state index contributed by atoms with van der Waals surface area (Å²) in [6.45, 7) is 0. The molecule has 7 heteroatoms. The molecule has 0 fully saturated rings. The number of pyridine rings is 1. The lowest BCUT2D eigenvalue weighted by atomic mass is 10.1. The third kappa shape index (κ3) is 2.59. The van der Waals surface area contributed by atoms with Crippen molar-refractivity contribution < 1.29 is 14.6 Å². The van der Waals surface area contributed by atoms with Gasteiger partial charge in [-0.3, -0.25) is 4.98 Å². The summed E-state index contributed by atoms with van der Waals surface area (Å²) in [5.41, 5.74) is 1.85. The van der Waals surface area contributed by atoms with Crippen molar-refractivity contribution in [2.75, 3.05) is 0 Å². The molecule has 0 bridgehead atoms. The summed E-state index contributed by atoms with van der Waals surface area (Å²) in [6.07, 6.45) is 0.225. The molecule has 3 rings (SSSR count). The van der Waals surface area contributed by atoms with Gasteiger partial charge in [-0.1, -0.05) is 17.7 Å². The number of aromatic nitrogens is 2. The zero-order valence-corrected chi connectivity index (χ0v) is 12.8. The lowest BCUT2D eigenvalue weighted by Crippen LogP contribution is -2.04. The first-order valence-electron chi connectivity index (χ1n) is 5.89. The van der Waals surface area contributed by atoms with Gasteiger partial charge in [0.25, 0.3) is 0 Å². The minimum atomic E-state index is -1.40. The summed E-state index contributed by atoms with van der Waals surface area (Å²) < 4.78 is 5.53. The number of halogens is 2. The van der Waals surface area contributed by atoms with Gasteiger partial charge in [0.15, 0.2) is 0 Å². The maximum Gasteiger partial charge on any atom is 0.512 e. The van der Waals surface area contributed by atoms with E-state index in [0.29, 0.717) is 26.3 Å². The van der Waals surface area contributed by atoms with Crippen molar-refractivity contribution in [1.82, 2.24) is 9.97 Å². The van der Waals surface area contributed by atoms with E-state index in [0.717, 1.165) is 5.39 Å². The summed E-state index contributed by atoms with van der Waals surface area (Å²) >= 11 is 9.46. The van der Waals surface area contributed by atoms with Crippen LogP contribution in [0.3, 0.4) is 0 Å². The Morgan fingerprint density at radius 3 is 2.86 bits per heavy atom. The highest BCUT2D eigenvalue weighted by molar-refractivity contribution is 9.10. The number of aromatic amines is 1. The molecule has 0 aliphatic heterocycles. The Labute approximate surface area is 132 Å². The van der Waals surface area contributed by atoms with E-state index in [4.69, 9.17) is 21.4 Å². The maximum absolute atomic E-state index is 10.9. The van der Waals surface area contributed by atoms with E-state index in [9.17, 15) is 4.79 Å². The second-order valence-electron chi connectivity index (χ2n) is 4.22. The van der Waals surface area contributed by atoms with Crippen LogP contribution in [0.2, 0.25) is 5.02 Å². The SMILES string of the molecule is O=C(O)Oc1[nH]c2cc(Br)c(Cl)cc2c1-c1ccccn1. The molecule has 0 aliphatic carbocycles. The fraction of sp³-hybridized carbons (Fsp3) is 0. The van der Waals surface area contributed by atoms with Crippen molar-refractivity contribution in [3.63, 3.8) is 0 Å². The number of rotatable bonds is 2. The van der Waals surface area contributed by atoms with E-state index in [1.54, 1.807) is 30.5 Å². The molecule has 0 saturated carbocycles. The van der Waals surface area contributed by atoms with E-state index in [1.807, 2.05) is 6.07 Å². The zero-order chi connectivity index (χ0) is 15.0. The molecule has 2 aromatic heterocycles. The predicted octanol–water partition coefficient (Wildman–Crippen LogP) is 4.70. The van der Waals surface area contributed by atoms with Gasteiger partial charge in [-0.25, -0.2) is 4.79 Å². The first kappa shape index (κ1) is 13.9. The van der Waals surface area contributed by atoms with Crippen molar-refractivity contribution in [2.45, 2.75) is 0 Å². The minimum Gasteiger partial charge on any atom is -0.449 e. The average molecular weight is 368 g/mol. The molecule has 3 aromatic rings. The van der Waals surface area contributed by atoms with Gasteiger partial charge >= 0.3 is 6.16 Å². The van der Waals surface area contributed by atoms with E-state index in [1.165, 1.54) is 0 Å². The molecule has 2 N–H and O–H groups in total. The maximum atomic E-state index is 10.9. The van der Waals surface area contributed by atoms with E-state index in [-0.39, 0.29) is 5.88 Å². The highest BCUT2D eigenvalue weighted by atomic mass is 79.9. The Balaban J connectivity index is 2.32. The first-order valence-corrected chi connectivity index (χ1v) is 7.06. The molecular formula is C14H8BrClN2O3. The average Bonchev–Trinajstić information content (AvgIpc) is 2.76. The molecule has 106 valence electrons. The van der Waals surface area contributed by atoms with Gasteiger partial charge < -0.3 is 14.8 Å². The largest absolute Gasteiger partial charge is 0.512 e. The second kappa shape index (κ2) is 5.38. The fourth-order valence-corrected chi connectivity index (χ4v) is 2.60. The van der Waals surface area contributed by atoms with Gasteiger partial charge in [-0.2, -0.15) is 0 Å². The summed E-state index contributed by atoms with van der Waals surface area (Å²) in [4.78, 5) is 18.0. The number of carboxylic acid groups (broad SMARTS) is 1. The molecule has 21 heavy (non-hydrogen) atoms. The van der Waals surface area contributed by atoms with Crippen LogP contribution in [0.1, 0.15) is 0 Å². The molecular weight excluding hydrogens is 360 g/mol. The highest BCUT2D eigenvalue weighted by Crippen LogP contribution is 2.39. The summed E-state index contributed by atoms with van der Waals surface area (Å²) in [5, 5.41) is 10.1. The molecule has 5 nitrogen and oxygen atoms in total. The Morgan fingerprint density at radius 2 is 2.19 bits per heavy atom. The van der Waals surface area contributed by atoms with Gasteiger partial charge in [0.1, 0.15) is 0 Å². The van der Waals surface area contributed by atoms with Gasteiger partial charge in [0.2, 0.25) is 5.88 Å². The monoisotopic (exact) mass is 366 g/mol. The van der Waals surface area contributed by atoms with Crippen LogP contribution in [-0.2, 0) is 0 Å². The number of hydrogen-bond donors (Lipinski definition) is 2. The van der Waals surface area contributed by atoms with Crippen molar-refractivity contribution >= 4 is 44.6 Å². The van der Waals surface area contributed by atoms with Crippen LogP contribution in [0, 0.1) is 0 Å². The number of carbonyl (C=O) groups is 1. The van der Waals surface area contributed by atoms with E-state index >= 15 is 0 Å². The van der Waals surface area contributed by atoms with Crippen LogP contribution >= 0.6 is 27.5 Å². The van der Waals surface area contributed by atoms with E-state index < -0.39 is 6.16 Å². The van der Waals surface area contributed by atoms with Crippen LogP contribution in [0.15, 0.2) is 41.0 Å². The standard InChI is InChI=1S/C14H8BrClN2O3/c15-8-6-11-7(5-9(8)16)12(10-3-1-2-4-17-10)13(18-11)21-14(19)20/h1-6,18H,(H,19,20). The zero-order valence-electron chi connectivity index (χ0n) is 10.4. The van der Waals surface area contributed by atoms with Crippen LogP contribution in [0.4, 0.5) is 4.79 Å². The van der Waals surface area contributed by atoms with Gasteiger partial charge in [0.05, 0.1) is 21.8 Å². The summed E-state index contributed by atoms with van der Waals surface area (Å²) in [5.74, 6) is 0.116. The Bertz CT molecular complexity index is 833. The molecule has 0 aliphatic rings.